The van der Waals surface area contributed by atoms with Crippen molar-refractivity contribution in [1.29, 1.82) is 0 Å². The summed E-state index contributed by atoms with van der Waals surface area (Å²) >= 11 is 9.20. The summed E-state index contributed by atoms with van der Waals surface area (Å²) in [7, 11) is 0. The molecule has 1 amide bonds. The van der Waals surface area contributed by atoms with E-state index >= 15 is 0 Å². The van der Waals surface area contributed by atoms with E-state index in [2.05, 4.69) is 26.4 Å². The molecule has 0 aliphatic carbocycles. The third-order valence-electron chi connectivity index (χ3n) is 4.25. The number of carbonyl (C=O) groups excluding carboxylic acids is 1. The number of anilines is 1. The second kappa shape index (κ2) is 7.65. The molecule has 0 fully saturated rings. The van der Waals surface area contributed by atoms with Crippen molar-refractivity contribution in [3.8, 4) is 11.3 Å². The van der Waals surface area contributed by atoms with Crippen LogP contribution < -0.4 is 5.32 Å². The predicted molar refractivity (Wildman–Crippen MR) is 113 cm³/mol. The van der Waals surface area contributed by atoms with Crippen LogP contribution in [0.15, 0.2) is 69.7 Å². The lowest BCUT2D eigenvalue weighted by atomic mass is 10.1. The number of hydrogen-bond donors (Lipinski definition) is 1. The number of amides is 1. The maximum absolute atomic E-state index is 12.7. The number of nitrogens with one attached hydrogen (secondary N) is 1. The summed E-state index contributed by atoms with van der Waals surface area (Å²) in [6, 6.07) is 16.4. The summed E-state index contributed by atoms with van der Waals surface area (Å²) in [5, 5.41) is 18.7. The van der Waals surface area contributed by atoms with Gasteiger partial charge in [-0.25, -0.2) is 0 Å². The van der Waals surface area contributed by atoms with E-state index < -0.39 is 10.8 Å². The fourth-order valence-electron chi connectivity index (χ4n) is 2.85. The Balaban J connectivity index is 1.70. The first-order valence-corrected chi connectivity index (χ1v) is 9.50. The van der Waals surface area contributed by atoms with Gasteiger partial charge in [0.2, 0.25) is 0 Å². The van der Waals surface area contributed by atoms with Crippen LogP contribution >= 0.6 is 27.5 Å². The fraction of sp³-hybridized carbons (Fsp3) is 0. The quantitative estimate of drug-likeness (QED) is 0.287. The van der Waals surface area contributed by atoms with Crippen molar-refractivity contribution in [3.05, 3.63) is 85.8 Å². The summed E-state index contributed by atoms with van der Waals surface area (Å²) in [6.07, 6.45) is 0. The highest BCUT2D eigenvalue weighted by Crippen LogP contribution is 2.31. The van der Waals surface area contributed by atoms with Crippen molar-refractivity contribution >= 4 is 55.7 Å². The van der Waals surface area contributed by atoms with Gasteiger partial charge in [0.25, 0.3) is 11.6 Å². The molecule has 0 saturated carbocycles. The third-order valence-corrected chi connectivity index (χ3v) is 5.01. The van der Waals surface area contributed by atoms with Crippen LogP contribution in [0.1, 0.15) is 10.4 Å². The first-order valence-electron chi connectivity index (χ1n) is 8.33. The molecule has 9 heteroatoms. The number of halogens is 2. The summed E-state index contributed by atoms with van der Waals surface area (Å²) in [5.74, 6) is 0.0277. The molecular weight excluding hydrogens is 462 g/mol. The molecule has 4 aromatic rings. The maximum atomic E-state index is 12.7. The number of benzene rings is 3. The molecule has 1 aromatic heterocycles. The number of hydrogen-bond acceptors (Lipinski definition) is 5. The van der Waals surface area contributed by atoms with Crippen molar-refractivity contribution in [3.63, 3.8) is 0 Å². The molecule has 1 N–H and O–H groups in total. The second-order valence-corrected chi connectivity index (χ2v) is 7.48. The lowest BCUT2D eigenvalue weighted by molar-refractivity contribution is -0.383. The molecule has 0 saturated heterocycles. The predicted octanol–water partition coefficient (Wildman–Crippen LogP) is 6.07. The summed E-state index contributed by atoms with van der Waals surface area (Å²) in [5.41, 5.74) is 1.48. The van der Waals surface area contributed by atoms with Gasteiger partial charge >= 0.3 is 0 Å². The lowest BCUT2D eigenvalue weighted by Gasteiger charge is -2.07. The Kier molecular flexibility index (Phi) is 5.04. The van der Waals surface area contributed by atoms with Gasteiger partial charge < -0.3 is 9.84 Å². The Labute approximate surface area is 177 Å². The van der Waals surface area contributed by atoms with Crippen molar-refractivity contribution in [2.24, 2.45) is 0 Å². The Hall–Kier alpha value is -3.23. The number of rotatable bonds is 4. The first kappa shape index (κ1) is 19.1. The zero-order valence-corrected chi connectivity index (χ0v) is 16.9. The molecule has 0 atom stereocenters. The SMILES string of the molecule is O=C(Nc1ccc(Cl)cc1[N+](=O)[O-])c1ccc2noc(-c3ccc(Br)cc3)c2c1. The number of nitro benzene ring substituents is 1. The van der Waals surface area contributed by atoms with E-state index in [-0.39, 0.29) is 16.4 Å². The molecule has 0 radical (unpaired) electrons. The maximum Gasteiger partial charge on any atom is 0.294 e. The normalized spacial score (nSPS) is 10.8. The first-order chi connectivity index (χ1) is 13.9. The molecule has 0 aliphatic rings. The van der Waals surface area contributed by atoms with E-state index in [1.165, 1.54) is 18.2 Å². The molecule has 0 aliphatic heterocycles. The Morgan fingerprint density at radius 2 is 1.86 bits per heavy atom. The Morgan fingerprint density at radius 1 is 1.10 bits per heavy atom. The summed E-state index contributed by atoms with van der Waals surface area (Å²) in [4.78, 5) is 23.3. The highest BCUT2D eigenvalue weighted by atomic mass is 79.9. The number of nitrogens with zero attached hydrogens (tertiary/aromatic N) is 2. The molecule has 0 unspecified atom stereocenters. The van der Waals surface area contributed by atoms with Gasteiger partial charge in [0.05, 0.1) is 10.3 Å². The average Bonchev–Trinajstić information content (AvgIpc) is 3.13. The van der Waals surface area contributed by atoms with Gasteiger partial charge in [0.15, 0.2) is 5.76 Å². The summed E-state index contributed by atoms with van der Waals surface area (Å²) in [6.45, 7) is 0. The smallest absolute Gasteiger partial charge is 0.294 e. The topological polar surface area (TPSA) is 98.3 Å². The van der Waals surface area contributed by atoms with Crippen molar-refractivity contribution in [2.45, 2.75) is 0 Å². The second-order valence-electron chi connectivity index (χ2n) is 6.12. The number of aromatic nitrogens is 1. The van der Waals surface area contributed by atoms with Gasteiger partial charge in [-0.2, -0.15) is 0 Å². The van der Waals surface area contributed by atoms with Crippen molar-refractivity contribution in [2.75, 3.05) is 5.32 Å². The zero-order valence-electron chi connectivity index (χ0n) is 14.6. The summed E-state index contributed by atoms with van der Waals surface area (Å²) < 4.78 is 6.38. The van der Waals surface area contributed by atoms with Crippen LogP contribution in [0.4, 0.5) is 11.4 Å². The number of fused-ring (bicyclic) bond motifs is 1. The molecule has 0 spiro atoms. The largest absolute Gasteiger partial charge is 0.355 e. The van der Waals surface area contributed by atoms with Gasteiger partial charge in [-0.1, -0.05) is 32.7 Å². The molecule has 0 bridgehead atoms. The molecule has 4 rings (SSSR count). The van der Waals surface area contributed by atoms with E-state index in [1.54, 1.807) is 18.2 Å². The average molecular weight is 473 g/mol. The molecular formula is C20H11BrClN3O4. The molecule has 1 heterocycles. The van der Waals surface area contributed by atoms with Crippen LogP contribution in [0.3, 0.4) is 0 Å². The van der Waals surface area contributed by atoms with Crippen LogP contribution in [0.5, 0.6) is 0 Å². The van der Waals surface area contributed by atoms with Crippen LogP contribution in [0.2, 0.25) is 5.02 Å². The minimum atomic E-state index is -0.601. The van der Waals surface area contributed by atoms with Gasteiger partial charge in [-0.05, 0) is 54.6 Å². The molecule has 3 aromatic carbocycles. The van der Waals surface area contributed by atoms with Crippen molar-refractivity contribution < 1.29 is 14.2 Å². The Bertz CT molecular complexity index is 1250. The minimum absolute atomic E-state index is 0.0583. The van der Waals surface area contributed by atoms with E-state index in [9.17, 15) is 14.9 Å². The monoisotopic (exact) mass is 471 g/mol. The minimum Gasteiger partial charge on any atom is -0.355 e. The van der Waals surface area contributed by atoms with Gasteiger partial charge in [0.1, 0.15) is 11.2 Å². The van der Waals surface area contributed by atoms with E-state index in [0.717, 1.165) is 10.0 Å². The molecule has 144 valence electrons. The molecule has 7 nitrogen and oxygen atoms in total. The zero-order chi connectivity index (χ0) is 20.5. The number of nitro groups is 1. The van der Waals surface area contributed by atoms with Crippen LogP contribution in [-0.4, -0.2) is 16.0 Å². The van der Waals surface area contributed by atoms with E-state index in [4.69, 9.17) is 16.1 Å². The highest BCUT2D eigenvalue weighted by Gasteiger charge is 2.19. The van der Waals surface area contributed by atoms with Gasteiger partial charge in [-0.3, -0.25) is 14.9 Å². The lowest BCUT2D eigenvalue weighted by Crippen LogP contribution is -2.13. The van der Waals surface area contributed by atoms with Crippen LogP contribution in [0.25, 0.3) is 22.2 Å². The van der Waals surface area contributed by atoms with Crippen LogP contribution in [-0.2, 0) is 0 Å². The molecule has 29 heavy (non-hydrogen) atoms. The number of carbonyl (C=O) groups is 1. The standard InChI is InChI=1S/C20H11BrClN3O4/c21-13-4-1-11(2-5-13)19-15-9-12(3-7-16(15)24-29-19)20(26)23-17-8-6-14(22)10-18(17)25(27)28/h1-10H,(H,23,26). The van der Waals surface area contributed by atoms with E-state index in [0.29, 0.717) is 22.2 Å². The van der Waals surface area contributed by atoms with Crippen molar-refractivity contribution in [1.82, 2.24) is 5.16 Å². The third kappa shape index (κ3) is 3.85. The van der Waals surface area contributed by atoms with Gasteiger partial charge in [-0.15, -0.1) is 0 Å². The fourth-order valence-corrected chi connectivity index (χ4v) is 3.28. The highest BCUT2D eigenvalue weighted by molar-refractivity contribution is 9.10. The van der Waals surface area contributed by atoms with Gasteiger partial charge in [0, 0.05) is 26.7 Å². The van der Waals surface area contributed by atoms with Crippen LogP contribution in [0, 0.1) is 10.1 Å². The van der Waals surface area contributed by atoms with E-state index in [1.807, 2.05) is 24.3 Å². The Morgan fingerprint density at radius 3 is 2.59 bits per heavy atom.